The lowest BCUT2D eigenvalue weighted by molar-refractivity contribution is 0.953. The van der Waals surface area contributed by atoms with E-state index < -0.39 is 0 Å². The summed E-state index contributed by atoms with van der Waals surface area (Å²) in [6.07, 6.45) is 0. The van der Waals surface area contributed by atoms with Crippen molar-refractivity contribution in [3.05, 3.63) is 151 Å². The predicted molar refractivity (Wildman–Crippen MR) is 189 cm³/mol. The third-order valence-corrected chi connectivity index (χ3v) is 8.85. The van der Waals surface area contributed by atoms with Gasteiger partial charge in [-0.25, -0.2) is 4.98 Å². The van der Waals surface area contributed by atoms with E-state index in [0.29, 0.717) is 28.7 Å². The van der Waals surface area contributed by atoms with E-state index in [1.807, 2.05) is 84.9 Å². The molecule has 48 heavy (non-hydrogen) atoms. The monoisotopic (exact) mass is 613 g/mol. The molecule has 9 aromatic rings. The maximum atomic E-state index is 10.1. The van der Waals surface area contributed by atoms with Gasteiger partial charge in [0.05, 0.1) is 45.0 Å². The van der Waals surface area contributed by atoms with Gasteiger partial charge in [-0.3, -0.25) is 4.57 Å². The second-order valence-corrected chi connectivity index (χ2v) is 11.5. The minimum atomic E-state index is 0.436. The lowest BCUT2D eigenvalue weighted by Gasteiger charge is -2.11. The number of nitrogens with zero attached hydrogens (tertiary/aromatic N) is 7. The van der Waals surface area contributed by atoms with E-state index in [4.69, 9.17) is 15.0 Å². The Morgan fingerprint density at radius 1 is 0.458 bits per heavy atom. The number of fused-ring (bicyclic) bond motifs is 7. The molecule has 9 rings (SSSR count). The molecule has 0 aliphatic rings. The standard InChI is InChI=1S/C41H23N7/c42-24-26-19-20-32(29(23-26)25-43)47-33-17-9-7-15-30(33)37-35(47)21-22-36-38(37)31-16-8-10-18-34(31)48(36)41-45-39(27-11-3-1-4-12-27)44-40(46-41)28-13-5-2-6-14-28/h1-23H. The molecular weight excluding hydrogens is 591 g/mol. The van der Waals surface area contributed by atoms with Crippen molar-refractivity contribution >= 4 is 43.6 Å². The molecule has 0 radical (unpaired) electrons. The molecule has 0 N–H and O–H groups in total. The second-order valence-electron chi connectivity index (χ2n) is 11.5. The van der Waals surface area contributed by atoms with Gasteiger partial charge in [-0.1, -0.05) is 97.1 Å². The van der Waals surface area contributed by atoms with E-state index in [9.17, 15) is 10.5 Å². The number of hydrogen-bond donors (Lipinski definition) is 0. The highest BCUT2D eigenvalue weighted by atomic mass is 15.2. The largest absolute Gasteiger partial charge is 0.308 e. The van der Waals surface area contributed by atoms with Crippen LogP contribution < -0.4 is 0 Å². The Bertz CT molecular complexity index is 2740. The molecular formula is C41H23N7. The summed E-state index contributed by atoms with van der Waals surface area (Å²) in [5, 5.41) is 23.9. The van der Waals surface area contributed by atoms with E-state index in [-0.39, 0.29) is 0 Å². The molecule has 7 heteroatoms. The Hall–Kier alpha value is -7.09. The smallest absolute Gasteiger partial charge is 0.238 e. The van der Waals surface area contributed by atoms with Gasteiger partial charge in [-0.05, 0) is 42.5 Å². The molecule has 0 atom stereocenters. The summed E-state index contributed by atoms with van der Waals surface area (Å²) >= 11 is 0. The molecule has 0 amide bonds. The zero-order valence-electron chi connectivity index (χ0n) is 25.4. The van der Waals surface area contributed by atoms with Gasteiger partial charge in [0.25, 0.3) is 0 Å². The van der Waals surface area contributed by atoms with Crippen LogP contribution in [0.5, 0.6) is 0 Å². The maximum absolute atomic E-state index is 10.1. The molecule has 0 bridgehead atoms. The Morgan fingerprint density at radius 2 is 0.979 bits per heavy atom. The van der Waals surface area contributed by atoms with Crippen molar-refractivity contribution in [1.82, 2.24) is 24.1 Å². The van der Waals surface area contributed by atoms with Gasteiger partial charge < -0.3 is 4.57 Å². The summed E-state index contributed by atoms with van der Waals surface area (Å²) in [6.45, 7) is 0. The van der Waals surface area contributed by atoms with E-state index in [1.165, 1.54) is 0 Å². The van der Waals surface area contributed by atoms with Crippen LogP contribution in [-0.4, -0.2) is 24.1 Å². The maximum Gasteiger partial charge on any atom is 0.238 e. The van der Waals surface area contributed by atoms with Gasteiger partial charge in [0.15, 0.2) is 11.6 Å². The van der Waals surface area contributed by atoms with Gasteiger partial charge in [0.2, 0.25) is 5.95 Å². The number of aromatic nitrogens is 5. The fraction of sp³-hybridized carbons (Fsp3) is 0. The highest BCUT2D eigenvalue weighted by Gasteiger charge is 2.23. The average molecular weight is 614 g/mol. The molecule has 6 aromatic carbocycles. The third-order valence-electron chi connectivity index (χ3n) is 8.85. The minimum absolute atomic E-state index is 0.436. The van der Waals surface area contributed by atoms with Crippen molar-refractivity contribution in [2.45, 2.75) is 0 Å². The molecule has 0 saturated heterocycles. The third kappa shape index (κ3) is 4.09. The molecule has 3 heterocycles. The van der Waals surface area contributed by atoms with Crippen LogP contribution >= 0.6 is 0 Å². The zero-order chi connectivity index (χ0) is 32.2. The van der Waals surface area contributed by atoms with Crippen molar-refractivity contribution in [1.29, 1.82) is 10.5 Å². The molecule has 0 fully saturated rings. The number of hydrogen-bond acceptors (Lipinski definition) is 5. The molecule has 0 aliphatic heterocycles. The molecule has 0 spiro atoms. The summed E-state index contributed by atoms with van der Waals surface area (Å²) in [6, 6.07) is 50.5. The fourth-order valence-corrected chi connectivity index (χ4v) is 6.78. The molecule has 0 aliphatic carbocycles. The van der Waals surface area contributed by atoms with E-state index in [1.54, 1.807) is 12.1 Å². The van der Waals surface area contributed by atoms with Crippen LogP contribution in [0.2, 0.25) is 0 Å². The van der Waals surface area contributed by atoms with Crippen LogP contribution in [0.4, 0.5) is 0 Å². The van der Waals surface area contributed by atoms with Crippen LogP contribution in [-0.2, 0) is 0 Å². The lowest BCUT2D eigenvalue weighted by Crippen LogP contribution is -2.06. The van der Waals surface area contributed by atoms with Crippen molar-refractivity contribution in [2.75, 3.05) is 0 Å². The molecule has 0 saturated carbocycles. The highest BCUT2D eigenvalue weighted by molar-refractivity contribution is 6.28. The number of para-hydroxylation sites is 2. The van der Waals surface area contributed by atoms with Crippen LogP contribution in [0.3, 0.4) is 0 Å². The van der Waals surface area contributed by atoms with E-state index in [0.717, 1.165) is 60.4 Å². The van der Waals surface area contributed by atoms with Gasteiger partial charge >= 0.3 is 0 Å². The van der Waals surface area contributed by atoms with E-state index in [2.05, 4.69) is 63.7 Å². The fourth-order valence-electron chi connectivity index (χ4n) is 6.78. The SMILES string of the molecule is N#Cc1ccc(-n2c3ccccc3c3c4c5ccccc5n(-c5nc(-c6ccccc6)nc(-c6ccccc6)n5)c4ccc32)c(C#N)c1. The minimum Gasteiger partial charge on any atom is -0.308 e. The second kappa shape index (κ2) is 10.8. The molecule has 3 aromatic heterocycles. The summed E-state index contributed by atoms with van der Waals surface area (Å²) in [5.74, 6) is 1.71. The Morgan fingerprint density at radius 3 is 1.54 bits per heavy atom. The van der Waals surface area contributed by atoms with E-state index >= 15 is 0 Å². The molecule has 7 nitrogen and oxygen atoms in total. The van der Waals surface area contributed by atoms with Crippen LogP contribution in [0, 0.1) is 22.7 Å². The quantitative estimate of drug-likeness (QED) is 0.197. The highest BCUT2D eigenvalue weighted by Crippen LogP contribution is 2.42. The van der Waals surface area contributed by atoms with Gasteiger partial charge in [-0.15, -0.1) is 0 Å². The Balaban J connectivity index is 1.40. The van der Waals surface area contributed by atoms with Crippen molar-refractivity contribution in [3.63, 3.8) is 0 Å². The summed E-state index contributed by atoms with van der Waals surface area (Å²) < 4.78 is 4.25. The van der Waals surface area contributed by atoms with Crippen molar-refractivity contribution in [3.8, 4) is 46.5 Å². The first kappa shape index (κ1) is 27.2. The number of benzene rings is 6. The topological polar surface area (TPSA) is 96.1 Å². The summed E-state index contributed by atoms with van der Waals surface area (Å²) in [5.41, 5.74) is 7.27. The van der Waals surface area contributed by atoms with Crippen molar-refractivity contribution < 1.29 is 0 Å². The summed E-state index contributed by atoms with van der Waals surface area (Å²) in [7, 11) is 0. The summed E-state index contributed by atoms with van der Waals surface area (Å²) in [4.78, 5) is 15.1. The predicted octanol–water partition coefficient (Wildman–Crippen LogP) is 9.14. The first-order valence-corrected chi connectivity index (χ1v) is 15.5. The normalized spacial score (nSPS) is 11.3. The molecule has 222 valence electrons. The number of nitriles is 2. The van der Waals surface area contributed by atoms with Gasteiger partial charge in [0, 0.05) is 32.7 Å². The van der Waals surface area contributed by atoms with Crippen molar-refractivity contribution in [2.24, 2.45) is 0 Å². The first-order valence-electron chi connectivity index (χ1n) is 15.5. The van der Waals surface area contributed by atoms with Gasteiger partial charge in [0.1, 0.15) is 6.07 Å². The Kier molecular flexibility index (Phi) is 6.11. The van der Waals surface area contributed by atoms with Crippen LogP contribution in [0.1, 0.15) is 11.1 Å². The molecule has 0 unspecified atom stereocenters. The Labute approximate surface area is 274 Å². The van der Waals surface area contributed by atoms with Gasteiger partial charge in [-0.2, -0.15) is 20.5 Å². The van der Waals surface area contributed by atoms with Crippen LogP contribution in [0.25, 0.3) is 78.0 Å². The lowest BCUT2D eigenvalue weighted by atomic mass is 10.1. The van der Waals surface area contributed by atoms with Crippen LogP contribution in [0.15, 0.2) is 140 Å². The average Bonchev–Trinajstić information content (AvgIpc) is 3.68. The number of rotatable bonds is 4. The zero-order valence-corrected chi connectivity index (χ0v) is 25.4. The first-order chi connectivity index (χ1) is 23.7.